The Kier molecular flexibility index (Phi) is 10.6. The molecule has 2 aromatic heterocycles. The molecule has 0 saturated heterocycles. The highest BCUT2D eigenvalue weighted by molar-refractivity contribution is 7.10. The molecule has 0 radical (unpaired) electrons. The lowest BCUT2D eigenvalue weighted by Gasteiger charge is -2.56. The minimum atomic E-state index is 0.00993. The van der Waals surface area contributed by atoms with E-state index in [1.165, 1.54) is 60.1 Å². The van der Waals surface area contributed by atoms with Crippen molar-refractivity contribution in [3.63, 3.8) is 0 Å². The molecular formula is C41H52N4O4S. The van der Waals surface area contributed by atoms with E-state index in [2.05, 4.69) is 53.3 Å². The molecule has 0 spiro atoms. The maximum Gasteiger partial charge on any atom is 0.306 e. The molecular weight excluding hydrogens is 645 g/mol. The third-order valence-corrected chi connectivity index (χ3v) is 12.3. The van der Waals surface area contributed by atoms with Gasteiger partial charge in [-0.25, -0.2) is 9.97 Å². The van der Waals surface area contributed by atoms with Crippen LogP contribution in [0.15, 0.2) is 47.8 Å². The molecule has 1 atom stereocenters. The maximum atomic E-state index is 12.8. The van der Waals surface area contributed by atoms with Crippen molar-refractivity contribution in [1.82, 2.24) is 15.3 Å². The third-order valence-electron chi connectivity index (χ3n) is 11.2. The molecule has 2 aromatic carbocycles. The number of hydrogen-bond acceptors (Lipinski definition) is 9. The lowest BCUT2D eigenvalue weighted by atomic mass is 9.49. The summed E-state index contributed by atoms with van der Waals surface area (Å²) >= 11 is 1.75. The quantitative estimate of drug-likeness (QED) is 0.0885. The van der Waals surface area contributed by atoms with Crippen molar-refractivity contribution in [2.24, 2.45) is 23.2 Å². The minimum absolute atomic E-state index is 0.00993. The van der Waals surface area contributed by atoms with Gasteiger partial charge in [0.15, 0.2) is 11.5 Å². The SMILES string of the molecule is CNCc1ccccc1-c1csc([C@@H](C)Nc2nc(C)nc3cc(OCCCCCOC(=O)CC45CC6CC(CC(C6)C4)C5)c(OC)cc23)c1. The lowest BCUT2D eigenvalue weighted by Crippen LogP contribution is -2.47. The molecule has 4 saturated carbocycles. The zero-order chi connectivity index (χ0) is 34.7. The first-order valence-electron chi connectivity index (χ1n) is 18.5. The van der Waals surface area contributed by atoms with Gasteiger partial charge in [-0.3, -0.25) is 4.79 Å². The predicted molar refractivity (Wildman–Crippen MR) is 201 cm³/mol. The van der Waals surface area contributed by atoms with Gasteiger partial charge < -0.3 is 24.8 Å². The van der Waals surface area contributed by atoms with Crippen LogP contribution in [0.4, 0.5) is 5.82 Å². The van der Waals surface area contributed by atoms with Crippen LogP contribution in [0, 0.1) is 30.1 Å². The number of nitrogens with one attached hydrogen (secondary N) is 2. The number of nitrogens with zero attached hydrogens (tertiary/aromatic N) is 2. The first-order chi connectivity index (χ1) is 24.3. The number of esters is 1. The van der Waals surface area contributed by atoms with Crippen molar-refractivity contribution in [1.29, 1.82) is 0 Å². The van der Waals surface area contributed by atoms with Crippen LogP contribution in [-0.4, -0.2) is 43.3 Å². The number of ether oxygens (including phenoxy) is 3. The number of benzene rings is 2. The number of anilines is 1. The van der Waals surface area contributed by atoms with E-state index in [9.17, 15) is 4.79 Å². The maximum absolute atomic E-state index is 12.8. The van der Waals surface area contributed by atoms with Crippen LogP contribution < -0.4 is 20.1 Å². The second-order valence-electron chi connectivity index (χ2n) is 15.2. The molecule has 0 aliphatic heterocycles. The summed E-state index contributed by atoms with van der Waals surface area (Å²) in [6.07, 6.45) is 11.2. The van der Waals surface area contributed by atoms with Crippen molar-refractivity contribution >= 4 is 34.0 Å². The van der Waals surface area contributed by atoms with Crippen molar-refractivity contribution in [3.05, 3.63) is 64.1 Å². The van der Waals surface area contributed by atoms with E-state index in [0.29, 0.717) is 37.0 Å². The molecule has 266 valence electrons. The van der Waals surface area contributed by atoms with Crippen LogP contribution in [0.2, 0.25) is 0 Å². The first kappa shape index (κ1) is 34.7. The van der Waals surface area contributed by atoms with Gasteiger partial charge in [0.05, 0.1) is 38.3 Å². The Morgan fingerprint density at radius 1 is 0.980 bits per heavy atom. The van der Waals surface area contributed by atoms with Gasteiger partial charge in [-0.15, -0.1) is 11.3 Å². The van der Waals surface area contributed by atoms with Crippen molar-refractivity contribution in [2.45, 2.75) is 90.6 Å². The van der Waals surface area contributed by atoms with Gasteiger partial charge in [0.25, 0.3) is 0 Å². The van der Waals surface area contributed by atoms with E-state index in [1.807, 2.05) is 26.1 Å². The highest BCUT2D eigenvalue weighted by Crippen LogP contribution is 2.61. The Balaban J connectivity index is 0.914. The first-order valence-corrected chi connectivity index (χ1v) is 19.4. The lowest BCUT2D eigenvalue weighted by molar-refractivity contribution is -0.152. The van der Waals surface area contributed by atoms with Crippen LogP contribution in [0.1, 0.15) is 93.4 Å². The number of fused-ring (bicyclic) bond motifs is 1. The normalized spacial score (nSPS) is 22.8. The Morgan fingerprint density at radius 3 is 2.46 bits per heavy atom. The molecule has 0 unspecified atom stereocenters. The number of methoxy groups -OCH3 is 1. The summed E-state index contributed by atoms with van der Waals surface area (Å²) in [6, 6.07) is 14.8. The summed E-state index contributed by atoms with van der Waals surface area (Å²) in [5, 5.41) is 10.0. The zero-order valence-corrected chi connectivity index (χ0v) is 30.9. The highest BCUT2D eigenvalue weighted by Gasteiger charge is 2.51. The Hall–Kier alpha value is -3.69. The van der Waals surface area contributed by atoms with E-state index >= 15 is 0 Å². The van der Waals surface area contributed by atoms with Gasteiger partial charge in [-0.2, -0.15) is 0 Å². The fourth-order valence-corrected chi connectivity index (χ4v) is 10.3. The summed E-state index contributed by atoms with van der Waals surface area (Å²) in [7, 11) is 3.64. The molecule has 50 heavy (non-hydrogen) atoms. The van der Waals surface area contributed by atoms with E-state index in [1.54, 1.807) is 18.4 Å². The number of aromatic nitrogens is 2. The summed E-state index contributed by atoms with van der Waals surface area (Å²) in [5.41, 5.74) is 4.81. The molecule has 0 amide bonds. The van der Waals surface area contributed by atoms with E-state index in [0.717, 1.165) is 60.3 Å². The molecule has 2 N–H and O–H groups in total. The molecule has 4 aliphatic rings. The van der Waals surface area contributed by atoms with Crippen LogP contribution in [-0.2, 0) is 16.1 Å². The number of hydrogen-bond donors (Lipinski definition) is 2. The Bertz CT molecular complexity index is 1770. The summed E-state index contributed by atoms with van der Waals surface area (Å²) < 4.78 is 17.7. The largest absolute Gasteiger partial charge is 0.493 e. The van der Waals surface area contributed by atoms with Crippen molar-refractivity contribution in [3.8, 4) is 22.6 Å². The van der Waals surface area contributed by atoms with Gasteiger partial charge in [-0.05, 0) is 136 Å². The molecule has 4 bridgehead atoms. The zero-order valence-electron chi connectivity index (χ0n) is 30.1. The number of carbonyl (C=O) groups is 1. The van der Waals surface area contributed by atoms with Gasteiger partial charge in [0, 0.05) is 22.9 Å². The molecule has 8 rings (SSSR count). The van der Waals surface area contributed by atoms with Crippen LogP contribution in [0.25, 0.3) is 22.0 Å². The molecule has 2 heterocycles. The summed E-state index contributed by atoms with van der Waals surface area (Å²) in [5.74, 6) is 5.37. The summed E-state index contributed by atoms with van der Waals surface area (Å²) in [4.78, 5) is 23.5. The van der Waals surface area contributed by atoms with Crippen LogP contribution in [0.3, 0.4) is 0 Å². The van der Waals surface area contributed by atoms with Crippen molar-refractivity contribution < 1.29 is 19.0 Å². The monoisotopic (exact) mass is 696 g/mol. The highest BCUT2D eigenvalue weighted by atomic mass is 32.1. The molecule has 4 fully saturated rings. The number of rotatable bonds is 16. The molecule has 9 heteroatoms. The van der Waals surface area contributed by atoms with Gasteiger partial charge >= 0.3 is 5.97 Å². The second kappa shape index (κ2) is 15.3. The molecule has 4 aromatic rings. The second-order valence-corrected chi connectivity index (χ2v) is 16.1. The third kappa shape index (κ3) is 7.79. The number of aryl methyl sites for hydroxylation is 1. The molecule has 8 nitrogen and oxygen atoms in total. The van der Waals surface area contributed by atoms with E-state index in [4.69, 9.17) is 24.2 Å². The Morgan fingerprint density at radius 2 is 1.72 bits per heavy atom. The van der Waals surface area contributed by atoms with Crippen LogP contribution >= 0.6 is 11.3 Å². The fourth-order valence-electron chi connectivity index (χ4n) is 9.39. The molecule has 4 aliphatic carbocycles. The topological polar surface area (TPSA) is 94.6 Å². The Labute approximate surface area is 300 Å². The van der Waals surface area contributed by atoms with E-state index in [-0.39, 0.29) is 17.4 Å². The minimum Gasteiger partial charge on any atom is -0.493 e. The number of carbonyl (C=O) groups excluding carboxylic acids is 1. The van der Waals surface area contributed by atoms with Gasteiger partial charge in [0.1, 0.15) is 11.6 Å². The smallest absolute Gasteiger partial charge is 0.306 e. The number of unbranched alkanes of at least 4 members (excludes halogenated alkanes) is 2. The van der Waals surface area contributed by atoms with Crippen molar-refractivity contribution in [2.75, 3.05) is 32.7 Å². The average molecular weight is 697 g/mol. The van der Waals surface area contributed by atoms with Gasteiger partial charge in [-0.1, -0.05) is 24.3 Å². The standard InChI is InChI=1S/C41H52N4O4S/c1-26(38-17-32(25-50-38)33-11-7-6-10-31(33)24-42-3)43-40-34-18-36(47-4)37(19-35(34)44-27(2)45-40)48-12-8-5-9-13-49-39(46)23-41-20-28-14-29(21-41)16-30(15-28)22-41/h6-7,10-11,17-19,25-26,28-30,42H,5,8-9,12-16,20-24H2,1-4H3,(H,43,44,45)/t26-,28?,29?,30?,41?/m1/s1. The predicted octanol–water partition coefficient (Wildman–Crippen LogP) is 9.27. The van der Waals surface area contributed by atoms with Gasteiger partial charge in [0.2, 0.25) is 0 Å². The fraction of sp³-hybridized carbons (Fsp3) is 0.537. The summed E-state index contributed by atoms with van der Waals surface area (Å²) in [6.45, 7) is 5.95. The van der Waals surface area contributed by atoms with E-state index < -0.39 is 0 Å². The average Bonchev–Trinajstić information content (AvgIpc) is 3.58. The number of thiophene rings is 1. The van der Waals surface area contributed by atoms with Crippen LogP contribution in [0.5, 0.6) is 11.5 Å².